The van der Waals surface area contributed by atoms with Gasteiger partial charge in [0.05, 0.1) is 12.3 Å². The van der Waals surface area contributed by atoms with Gasteiger partial charge in [-0.15, -0.1) is 0 Å². The number of hydrogen-bond donors (Lipinski definition) is 1. The second-order valence-corrected chi connectivity index (χ2v) is 4.27. The van der Waals surface area contributed by atoms with Crippen LogP contribution in [0, 0.1) is 0 Å². The molecule has 1 aromatic heterocycles. The summed E-state index contributed by atoms with van der Waals surface area (Å²) in [4.78, 5) is 0. The van der Waals surface area contributed by atoms with Gasteiger partial charge in [-0.1, -0.05) is 37.3 Å². The summed E-state index contributed by atoms with van der Waals surface area (Å²) in [5, 5.41) is 3.45. The molecule has 1 atom stereocenters. The molecule has 0 bridgehead atoms. The van der Waals surface area contributed by atoms with E-state index in [1.54, 1.807) is 6.26 Å². The lowest BCUT2D eigenvalue weighted by Gasteiger charge is -2.17. The fourth-order valence-electron chi connectivity index (χ4n) is 1.77. The van der Waals surface area contributed by atoms with Crippen LogP contribution in [0.1, 0.15) is 24.1 Å². The number of rotatable bonds is 4. The van der Waals surface area contributed by atoms with Crippen molar-refractivity contribution in [3.63, 3.8) is 0 Å². The molecule has 0 fully saturated rings. The lowest BCUT2D eigenvalue weighted by molar-refractivity contribution is 0.526. The normalized spacial score (nSPS) is 12.6. The quantitative estimate of drug-likeness (QED) is 0.922. The molecule has 0 radical (unpaired) electrons. The van der Waals surface area contributed by atoms with Crippen LogP contribution in [0.4, 0.5) is 0 Å². The van der Waals surface area contributed by atoms with E-state index in [4.69, 9.17) is 4.42 Å². The minimum Gasteiger partial charge on any atom is -0.457 e. The summed E-state index contributed by atoms with van der Waals surface area (Å²) in [6.45, 7) is 3.01. The van der Waals surface area contributed by atoms with E-state index in [1.807, 2.05) is 24.3 Å². The van der Waals surface area contributed by atoms with E-state index in [9.17, 15) is 0 Å². The average molecular weight is 280 g/mol. The van der Waals surface area contributed by atoms with Crippen molar-refractivity contribution in [1.29, 1.82) is 0 Å². The average Bonchev–Trinajstić information content (AvgIpc) is 2.73. The molecular weight excluding hydrogens is 266 g/mol. The highest BCUT2D eigenvalue weighted by Crippen LogP contribution is 2.29. The summed E-state index contributed by atoms with van der Waals surface area (Å²) < 4.78 is 6.08. The third kappa shape index (κ3) is 2.36. The maximum Gasteiger partial charge on any atom is 0.174 e. The van der Waals surface area contributed by atoms with Crippen LogP contribution in [0.25, 0.3) is 0 Å². The van der Waals surface area contributed by atoms with Gasteiger partial charge in [0, 0.05) is 5.56 Å². The summed E-state index contributed by atoms with van der Waals surface area (Å²) >= 11 is 3.43. The summed E-state index contributed by atoms with van der Waals surface area (Å²) in [6, 6.07) is 12.5. The topological polar surface area (TPSA) is 25.2 Å². The predicted molar refractivity (Wildman–Crippen MR) is 68.4 cm³/mol. The minimum atomic E-state index is 0.180. The Morgan fingerprint density at radius 1 is 1.25 bits per heavy atom. The minimum absolute atomic E-state index is 0.180. The van der Waals surface area contributed by atoms with Crippen LogP contribution in [0.5, 0.6) is 0 Å². The van der Waals surface area contributed by atoms with Gasteiger partial charge in [-0.25, -0.2) is 0 Å². The first kappa shape index (κ1) is 11.4. The molecule has 0 saturated carbocycles. The Bertz CT molecular complexity index is 438. The summed E-state index contributed by atoms with van der Waals surface area (Å²) in [5.41, 5.74) is 2.37. The van der Waals surface area contributed by atoms with Crippen molar-refractivity contribution in [2.45, 2.75) is 13.0 Å². The molecule has 84 valence electrons. The van der Waals surface area contributed by atoms with Crippen molar-refractivity contribution in [2.24, 2.45) is 0 Å². The van der Waals surface area contributed by atoms with Gasteiger partial charge in [0.25, 0.3) is 0 Å². The molecule has 1 N–H and O–H groups in total. The number of furan rings is 1. The van der Waals surface area contributed by atoms with Crippen molar-refractivity contribution in [3.8, 4) is 0 Å². The predicted octanol–water partition coefficient (Wildman–Crippen LogP) is 3.74. The molecule has 0 aliphatic heterocycles. The van der Waals surface area contributed by atoms with E-state index in [0.29, 0.717) is 0 Å². The number of benzene rings is 1. The van der Waals surface area contributed by atoms with E-state index < -0.39 is 0 Å². The highest BCUT2D eigenvalue weighted by molar-refractivity contribution is 9.10. The maximum atomic E-state index is 5.29. The van der Waals surface area contributed by atoms with Crippen molar-refractivity contribution in [1.82, 2.24) is 5.32 Å². The van der Waals surface area contributed by atoms with Crippen molar-refractivity contribution in [2.75, 3.05) is 6.54 Å². The number of nitrogens with one attached hydrogen (secondary N) is 1. The fourth-order valence-corrected chi connectivity index (χ4v) is 2.24. The first-order valence-electron chi connectivity index (χ1n) is 5.34. The fraction of sp³-hybridized carbons (Fsp3) is 0.231. The standard InChI is InChI=1S/C13H14BrNO/c1-2-15-12(10-6-4-3-5-7-10)11-8-9-16-13(11)14/h3-9,12,15H,2H2,1H3. The Labute approximate surface area is 104 Å². The Hall–Kier alpha value is -1.06. The number of halogens is 1. The Kier molecular flexibility index (Phi) is 3.80. The van der Waals surface area contributed by atoms with Gasteiger partial charge in [0.15, 0.2) is 4.67 Å². The highest BCUT2D eigenvalue weighted by atomic mass is 79.9. The van der Waals surface area contributed by atoms with Gasteiger partial charge >= 0.3 is 0 Å². The van der Waals surface area contributed by atoms with Crippen molar-refractivity contribution >= 4 is 15.9 Å². The second-order valence-electron chi connectivity index (χ2n) is 3.55. The first-order valence-corrected chi connectivity index (χ1v) is 6.13. The van der Waals surface area contributed by atoms with Gasteiger partial charge in [-0.05, 0) is 34.1 Å². The van der Waals surface area contributed by atoms with Gasteiger partial charge in [-0.3, -0.25) is 0 Å². The summed E-state index contributed by atoms with van der Waals surface area (Å²) in [7, 11) is 0. The SMILES string of the molecule is CCNC(c1ccccc1)c1ccoc1Br. The van der Waals surface area contributed by atoms with Crippen LogP contribution in [-0.2, 0) is 0 Å². The molecule has 16 heavy (non-hydrogen) atoms. The zero-order chi connectivity index (χ0) is 11.4. The molecular formula is C13H14BrNO. The molecule has 2 nitrogen and oxygen atoms in total. The Balaban J connectivity index is 2.35. The molecule has 0 spiro atoms. The summed E-state index contributed by atoms with van der Waals surface area (Å²) in [6.07, 6.45) is 1.70. The molecule has 3 heteroatoms. The number of hydrogen-bond acceptors (Lipinski definition) is 2. The molecule has 0 aliphatic rings. The first-order chi connectivity index (χ1) is 7.83. The Morgan fingerprint density at radius 2 is 2.00 bits per heavy atom. The largest absolute Gasteiger partial charge is 0.457 e. The van der Waals surface area contributed by atoms with Crippen LogP contribution in [-0.4, -0.2) is 6.54 Å². The zero-order valence-electron chi connectivity index (χ0n) is 9.11. The van der Waals surface area contributed by atoms with Crippen molar-refractivity contribution < 1.29 is 4.42 Å². The molecule has 1 unspecified atom stereocenters. The van der Waals surface area contributed by atoms with Crippen LogP contribution in [0.2, 0.25) is 0 Å². The molecule has 2 aromatic rings. The molecule has 0 saturated heterocycles. The second kappa shape index (κ2) is 5.32. The van der Waals surface area contributed by atoms with E-state index in [1.165, 1.54) is 5.56 Å². The molecule has 0 amide bonds. The zero-order valence-corrected chi connectivity index (χ0v) is 10.7. The van der Waals surface area contributed by atoms with Gasteiger partial charge in [-0.2, -0.15) is 0 Å². The van der Waals surface area contributed by atoms with Crippen LogP contribution in [0.15, 0.2) is 51.7 Å². The van der Waals surface area contributed by atoms with E-state index in [-0.39, 0.29) is 6.04 Å². The van der Waals surface area contributed by atoms with E-state index in [0.717, 1.165) is 16.8 Å². The maximum absolute atomic E-state index is 5.29. The van der Waals surface area contributed by atoms with Crippen LogP contribution in [0.3, 0.4) is 0 Å². The van der Waals surface area contributed by atoms with Crippen LogP contribution >= 0.6 is 15.9 Å². The molecule has 1 aromatic carbocycles. The van der Waals surface area contributed by atoms with E-state index >= 15 is 0 Å². The molecule has 1 heterocycles. The van der Waals surface area contributed by atoms with Crippen LogP contribution < -0.4 is 5.32 Å². The van der Waals surface area contributed by atoms with Gasteiger partial charge in [0.1, 0.15) is 0 Å². The smallest absolute Gasteiger partial charge is 0.174 e. The van der Waals surface area contributed by atoms with Gasteiger partial charge < -0.3 is 9.73 Å². The Morgan fingerprint density at radius 3 is 2.56 bits per heavy atom. The molecule has 0 aliphatic carbocycles. The lowest BCUT2D eigenvalue weighted by atomic mass is 10.0. The lowest BCUT2D eigenvalue weighted by Crippen LogP contribution is -2.21. The highest BCUT2D eigenvalue weighted by Gasteiger charge is 2.17. The van der Waals surface area contributed by atoms with E-state index in [2.05, 4.69) is 40.3 Å². The van der Waals surface area contributed by atoms with Crippen molar-refractivity contribution in [3.05, 3.63) is 58.5 Å². The third-order valence-corrected chi connectivity index (χ3v) is 3.14. The summed E-state index contributed by atoms with van der Waals surface area (Å²) in [5.74, 6) is 0. The monoisotopic (exact) mass is 279 g/mol. The molecule has 2 rings (SSSR count). The van der Waals surface area contributed by atoms with Gasteiger partial charge in [0.2, 0.25) is 0 Å². The third-order valence-electron chi connectivity index (χ3n) is 2.50.